The van der Waals surface area contributed by atoms with Crippen LogP contribution in [-0.2, 0) is 4.79 Å². The Hall–Kier alpha value is 0.0700. The maximum absolute atomic E-state index is 12.7. The summed E-state index contributed by atoms with van der Waals surface area (Å²) in [4.78, 5) is 14.8. The molecule has 3 nitrogen and oxygen atoms in total. The first-order chi connectivity index (χ1) is 8.50. The van der Waals surface area contributed by atoms with Crippen molar-refractivity contribution in [3.05, 3.63) is 0 Å². The second kappa shape index (κ2) is 8.38. The van der Waals surface area contributed by atoms with Gasteiger partial charge >= 0.3 is 0 Å². The lowest BCUT2D eigenvalue weighted by Crippen LogP contribution is -2.52. The van der Waals surface area contributed by atoms with Gasteiger partial charge in [-0.2, -0.15) is 11.8 Å². The van der Waals surface area contributed by atoms with Crippen molar-refractivity contribution in [2.24, 2.45) is 17.1 Å². The smallest absolute Gasteiger partial charge is 0.230 e. The molecule has 0 saturated carbocycles. The van der Waals surface area contributed by atoms with Gasteiger partial charge in [0, 0.05) is 30.6 Å². The Morgan fingerprint density at radius 3 is 2.42 bits per heavy atom. The quantitative estimate of drug-likeness (QED) is 0.849. The van der Waals surface area contributed by atoms with Gasteiger partial charge < -0.3 is 10.6 Å². The zero-order valence-corrected chi connectivity index (χ0v) is 14.3. The van der Waals surface area contributed by atoms with E-state index in [1.165, 1.54) is 0 Å². The Balaban J connectivity index is 0.00000324. The molecule has 0 aromatic carbocycles. The Labute approximate surface area is 128 Å². The number of carbonyl (C=O) groups excluding carboxylic acids is 1. The third kappa shape index (κ3) is 4.27. The highest BCUT2D eigenvalue weighted by molar-refractivity contribution is 8.00. The summed E-state index contributed by atoms with van der Waals surface area (Å²) in [5, 5.41) is 0.576. The standard InChI is InChI=1S/C14H28N2OS.ClH/c1-5-14(6-2,10-15)13(17)16-7-8-18-12(9-16)11(3)4;/h11-12H,5-10,15H2,1-4H3;1H. The maximum Gasteiger partial charge on any atom is 0.230 e. The first kappa shape index (κ1) is 19.1. The molecule has 0 aliphatic carbocycles. The molecule has 1 heterocycles. The van der Waals surface area contributed by atoms with E-state index in [0.717, 1.165) is 31.7 Å². The Morgan fingerprint density at radius 1 is 1.42 bits per heavy atom. The monoisotopic (exact) mass is 308 g/mol. The predicted molar refractivity (Wildman–Crippen MR) is 87.0 cm³/mol. The predicted octanol–water partition coefficient (Wildman–Crippen LogP) is 2.77. The van der Waals surface area contributed by atoms with Crippen molar-refractivity contribution < 1.29 is 4.79 Å². The molecule has 0 bridgehead atoms. The van der Waals surface area contributed by atoms with Crippen LogP contribution in [0.25, 0.3) is 0 Å². The van der Waals surface area contributed by atoms with Gasteiger partial charge in [0.15, 0.2) is 0 Å². The summed E-state index contributed by atoms with van der Waals surface area (Å²) in [6.07, 6.45) is 1.68. The minimum absolute atomic E-state index is 0. The summed E-state index contributed by atoms with van der Waals surface area (Å²) in [5.74, 6) is 1.96. The number of carbonyl (C=O) groups is 1. The van der Waals surface area contributed by atoms with Gasteiger partial charge in [-0.1, -0.05) is 27.7 Å². The first-order valence-electron chi connectivity index (χ1n) is 7.11. The minimum atomic E-state index is -0.330. The maximum atomic E-state index is 12.7. The van der Waals surface area contributed by atoms with E-state index in [4.69, 9.17) is 5.73 Å². The van der Waals surface area contributed by atoms with Gasteiger partial charge in [0.25, 0.3) is 0 Å². The average molecular weight is 309 g/mol. The van der Waals surface area contributed by atoms with E-state index in [-0.39, 0.29) is 23.7 Å². The molecule has 0 spiro atoms. The molecule has 1 fully saturated rings. The van der Waals surface area contributed by atoms with Crippen molar-refractivity contribution in [2.75, 3.05) is 25.4 Å². The Morgan fingerprint density at radius 2 is 2.00 bits per heavy atom. The van der Waals surface area contributed by atoms with Gasteiger partial charge in [0.2, 0.25) is 5.91 Å². The highest BCUT2D eigenvalue weighted by Gasteiger charge is 2.38. The SMILES string of the molecule is CCC(CC)(CN)C(=O)N1CCSC(C(C)C)C1.Cl. The highest BCUT2D eigenvalue weighted by atomic mass is 35.5. The van der Waals surface area contributed by atoms with E-state index in [1.807, 2.05) is 11.8 Å². The summed E-state index contributed by atoms with van der Waals surface area (Å²) in [6, 6.07) is 0. The van der Waals surface area contributed by atoms with Crippen molar-refractivity contribution in [2.45, 2.75) is 45.8 Å². The molecule has 0 aromatic heterocycles. The number of halogens is 1. The molecule has 1 aliphatic heterocycles. The number of nitrogens with two attached hydrogens (primary N) is 1. The van der Waals surface area contributed by atoms with Crippen LogP contribution in [0.15, 0.2) is 0 Å². The number of thioether (sulfide) groups is 1. The Kier molecular flexibility index (Phi) is 8.41. The van der Waals surface area contributed by atoms with Crippen molar-refractivity contribution in [1.29, 1.82) is 0 Å². The summed E-state index contributed by atoms with van der Waals surface area (Å²) >= 11 is 2.00. The highest BCUT2D eigenvalue weighted by Crippen LogP contribution is 2.31. The van der Waals surface area contributed by atoms with Crippen LogP contribution in [0, 0.1) is 11.3 Å². The second-order valence-corrected chi connectivity index (χ2v) is 6.94. The van der Waals surface area contributed by atoms with Crippen LogP contribution in [0.5, 0.6) is 0 Å². The fraction of sp³-hybridized carbons (Fsp3) is 0.929. The minimum Gasteiger partial charge on any atom is -0.340 e. The van der Waals surface area contributed by atoms with Crippen molar-refractivity contribution in [3.8, 4) is 0 Å². The van der Waals surface area contributed by atoms with Crippen LogP contribution in [0.4, 0.5) is 0 Å². The summed E-state index contributed by atoms with van der Waals surface area (Å²) < 4.78 is 0. The molecular weight excluding hydrogens is 280 g/mol. The summed E-state index contributed by atoms with van der Waals surface area (Å²) in [7, 11) is 0. The number of hydrogen-bond donors (Lipinski definition) is 1. The van der Waals surface area contributed by atoms with E-state index < -0.39 is 0 Å². The zero-order valence-electron chi connectivity index (χ0n) is 12.6. The molecule has 19 heavy (non-hydrogen) atoms. The average Bonchev–Trinajstić information content (AvgIpc) is 2.41. The van der Waals surface area contributed by atoms with Gasteiger partial charge in [0.1, 0.15) is 0 Å². The van der Waals surface area contributed by atoms with Gasteiger partial charge in [-0.15, -0.1) is 12.4 Å². The van der Waals surface area contributed by atoms with Gasteiger partial charge in [-0.05, 0) is 18.8 Å². The fourth-order valence-electron chi connectivity index (χ4n) is 2.53. The lowest BCUT2D eigenvalue weighted by molar-refractivity contribution is -0.142. The molecule has 1 aliphatic rings. The lowest BCUT2D eigenvalue weighted by atomic mass is 9.81. The third-order valence-electron chi connectivity index (χ3n) is 4.32. The van der Waals surface area contributed by atoms with Crippen molar-refractivity contribution in [1.82, 2.24) is 4.90 Å². The topological polar surface area (TPSA) is 46.3 Å². The molecule has 5 heteroatoms. The van der Waals surface area contributed by atoms with Crippen molar-refractivity contribution in [3.63, 3.8) is 0 Å². The molecule has 1 saturated heterocycles. The summed E-state index contributed by atoms with van der Waals surface area (Å²) in [6.45, 7) is 10.9. The van der Waals surface area contributed by atoms with Gasteiger partial charge in [-0.3, -0.25) is 4.79 Å². The van der Waals surface area contributed by atoms with Crippen LogP contribution < -0.4 is 5.73 Å². The first-order valence-corrected chi connectivity index (χ1v) is 8.16. The van der Waals surface area contributed by atoms with Crippen LogP contribution in [0.2, 0.25) is 0 Å². The molecule has 1 unspecified atom stereocenters. The Bertz CT molecular complexity index is 274. The number of hydrogen-bond acceptors (Lipinski definition) is 3. The molecule has 0 aromatic rings. The molecule has 1 atom stereocenters. The number of amides is 1. The number of rotatable bonds is 5. The largest absolute Gasteiger partial charge is 0.340 e. The van der Waals surface area contributed by atoms with Crippen molar-refractivity contribution >= 4 is 30.1 Å². The van der Waals surface area contributed by atoms with E-state index in [1.54, 1.807) is 0 Å². The second-order valence-electron chi connectivity index (χ2n) is 5.60. The van der Waals surface area contributed by atoms with Crippen LogP contribution >= 0.6 is 24.2 Å². The van der Waals surface area contributed by atoms with E-state index in [0.29, 0.717) is 17.7 Å². The van der Waals surface area contributed by atoms with E-state index >= 15 is 0 Å². The molecule has 0 radical (unpaired) electrons. The van der Waals surface area contributed by atoms with E-state index in [9.17, 15) is 4.79 Å². The van der Waals surface area contributed by atoms with Crippen LogP contribution in [0.3, 0.4) is 0 Å². The summed E-state index contributed by atoms with van der Waals surface area (Å²) in [5.41, 5.74) is 5.55. The zero-order chi connectivity index (χ0) is 13.8. The normalized spacial score (nSPS) is 20.3. The molecule has 2 N–H and O–H groups in total. The van der Waals surface area contributed by atoms with Crippen LogP contribution in [-0.4, -0.2) is 41.4 Å². The fourth-order valence-corrected chi connectivity index (χ4v) is 3.83. The molecule has 114 valence electrons. The van der Waals surface area contributed by atoms with Gasteiger partial charge in [-0.25, -0.2) is 0 Å². The third-order valence-corrected chi connectivity index (χ3v) is 5.86. The lowest BCUT2D eigenvalue weighted by Gasteiger charge is -2.40. The molecule has 1 rings (SSSR count). The molecular formula is C14H29ClN2OS. The molecule has 1 amide bonds. The van der Waals surface area contributed by atoms with Gasteiger partial charge in [0.05, 0.1) is 5.41 Å². The van der Waals surface area contributed by atoms with Crippen LogP contribution in [0.1, 0.15) is 40.5 Å². The van der Waals surface area contributed by atoms with E-state index in [2.05, 4.69) is 32.6 Å². The number of nitrogens with zero attached hydrogens (tertiary/aromatic N) is 1.